The summed E-state index contributed by atoms with van der Waals surface area (Å²) in [6, 6.07) is 4.91. The highest BCUT2D eigenvalue weighted by molar-refractivity contribution is 14.0. The van der Waals surface area contributed by atoms with E-state index in [0.717, 1.165) is 37.7 Å². The van der Waals surface area contributed by atoms with Gasteiger partial charge in [0.15, 0.2) is 17.5 Å². The second-order valence-corrected chi connectivity index (χ2v) is 6.09. The molecule has 1 aromatic rings. The lowest BCUT2D eigenvalue weighted by molar-refractivity contribution is -0.0512. The minimum Gasteiger partial charge on any atom is -0.493 e. The first-order chi connectivity index (χ1) is 12.6. The first-order valence-corrected chi connectivity index (χ1v) is 8.76. The maximum Gasteiger partial charge on any atom is 0.387 e. The predicted octanol–water partition coefficient (Wildman–Crippen LogP) is 3.40. The number of ether oxygens (including phenoxy) is 3. The summed E-state index contributed by atoms with van der Waals surface area (Å²) in [5.74, 6) is 1.69. The average Bonchev–Trinajstić information content (AvgIpc) is 3.44. The van der Waals surface area contributed by atoms with E-state index in [4.69, 9.17) is 9.47 Å². The minimum atomic E-state index is -2.90. The van der Waals surface area contributed by atoms with E-state index in [0.29, 0.717) is 12.5 Å². The zero-order valence-corrected chi connectivity index (χ0v) is 18.0. The van der Waals surface area contributed by atoms with Gasteiger partial charge in [-0.05, 0) is 42.9 Å². The van der Waals surface area contributed by atoms with Gasteiger partial charge in [-0.2, -0.15) is 8.78 Å². The second-order valence-electron chi connectivity index (χ2n) is 6.09. The Morgan fingerprint density at radius 3 is 2.67 bits per heavy atom. The Hall–Kier alpha value is -1.36. The van der Waals surface area contributed by atoms with Crippen LogP contribution in [0.1, 0.15) is 24.8 Å². The van der Waals surface area contributed by atoms with Crippen molar-refractivity contribution in [3.63, 3.8) is 0 Å². The van der Waals surface area contributed by atoms with Crippen LogP contribution in [0.2, 0.25) is 0 Å². The standard InChI is InChI=1S/C18H27F2N3O3.HI/c1-21-18(22-8-3-9-25-12-13-4-5-13)23-11-14-6-7-15(24-2)16(10-14)26-17(19)20;/h6-7,10,13,17H,3-5,8-9,11-12H2,1-2H3,(H2,21,22,23);1H. The molecule has 1 aliphatic carbocycles. The summed E-state index contributed by atoms with van der Waals surface area (Å²) in [5, 5.41) is 6.33. The van der Waals surface area contributed by atoms with Gasteiger partial charge in [-0.15, -0.1) is 24.0 Å². The number of alkyl halides is 2. The summed E-state index contributed by atoms with van der Waals surface area (Å²) in [6.45, 7) is -0.141. The molecule has 0 saturated heterocycles. The average molecular weight is 499 g/mol. The maximum atomic E-state index is 12.5. The minimum absolute atomic E-state index is 0. The third-order valence-electron chi connectivity index (χ3n) is 3.94. The number of aliphatic imine (C=N–C) groups is 1. The van der Waals surface area contributed by atoms with Crippen molar-refractivity contribution in [2.24, 2.45) is 10.9 Å². The van der Waals surface area contributed by atoms with Gasteiger partial charge in [0.05, 0.1) is 7.11 Å². The van der Waals surface area contributed by atoms with E-state index in [1.807, 2.05) is 0 Å². The quantitative estimate of drug-likeness (QED) is 0.212. The van der Waals surface area contributed by atoms with Crippen molar-refractivity contribution >= 4 is 29.9 Å². The molecule has 1 fully saturated rings. The molecule has 1 saturated carbocycles. The summed E-state index contributed by atoms with van der Waals surface area (Å²) in [4.78, 5) is 4.14. The molecule has 0 heterocycles. The van der Waals surface area contributed by atoms with Gasteiger partial charge in [-0.25, -0.2) is 0 Å². The third-order valence-corrected chi connectivity index (χ3v) is 3.94. The van der Waals surface area contributed by atoms with Crippen LogP contribution < -0.4 is 20.1 Å². The molecule has 2 rings (SSSR count). The van der Waals surface area contributed by atoms with Crippen molar-refractivity contribution in [3.05, 3.63) is 23.8 Å². The van der Waals surface area contributed by atoms with E-state index in [1.165, 1.54) is 26.0 Å². The van der Waals surface area contributed by atoms with E-state index in [-0.39, 0.29) is 35.5 Å². The molecule has 9 heteroatoms. The fourth-order valence-electron chi connectivity index (χ4n) is 2.34. The Kier molecular flexibility index (Phi) is 11.3. The highest BCUT2D eigenvalue weighted by Crippen LogP contribution is 2.29. The van der Waals surface area contributed by atoms with Crippen LogP contribution in [0.3, 0.4) is 0 Å². The zero-order valence-electron chi connectivity index (χ0n) is 15.7. The number of methoxy groups -OCH3 is 1. The van der Waals surface area contributed by atoms with Crippen LogP contribution in [0, 0.1) is 5.92 Å². The van der Waals surface area contributed by atoms with Crippen LogP contribution in [-0.4, -0.2) is 46.5 Å². The summed E-state index contributed by atoms with van der Waals surface area (Å²) in [6.07, 6.45) is 3.48. The zero-order chi connectivity index (χ0) is 18.8. The maximum absolute atomic E-state index is 12.5. The molecule has 27 heavy (non-hydrogen) atoms. The monoisotopic (exact) mass is 499 g/mol. The molecule has 1 aromatic carbocycles. The third kappa shape index (κ3) is 9.41. The summed E-state index contributed by atoms with van der Waals surface area (Å²) < 4.78 is 40.1. The van der Waals surface area contributed by atoms with Crippen molar-refractivity contribution in [2.45, 2.75) is 32.4 Å². The van der Waals surface area contributed by atoms with Crippen LogP contribution in [0.4, 0.5) is 8.78 Å². The predicted molar refractivity (Wildman–Crippen MR) is 111 cm³/mol. The van der Waals surface area contributed by atoms with Crippen LogP contribution in [0.5, 0.6) is 11.5 Å². The van der Waals surface area contributed by atoms with Gasteiger partial charge in [0, 0.05) is 33.4 Å². The van der Waals surface area contributed by atoms with Crippen molar-refractivity contribution in [1.82, 2.24) is 10.6 Å². The molecule has 0 unspecified atom stereocenters. The number of benzene rings is 1. The second kappa shape index (κ2) is 12.9. The van der Waals surface area contributed by atoms with Gasteiger partial charge < -0.3 is 24.8 Å². The van der Waals surface area contributed by atoms with Crippen molar-refractivity contribution in [1.29, 1.82) is 0 Å². The van der Waals surface area contributed by atoms with E-state index < -0.39 is 6.61 Å². The van der Waals surface area contributed by atoms with Crippen LogP contribution >= 0.6 is 24.0 Å². The molecule has 0 atom stereocenters. The SMILES string of the molecule is CN=C(NCCCOCC1CC1)NCc1ccc(OC)c(OC(F)F)c1.I. The Bertz CT molecular complexity index is 587. The lowest BCUT2D eigenvalue weighted by Gasteiger charge is -2.14. The van der Waals surface area contributed by atoms with Crippen LogP contribution in [-0.2, 0) is 11.3 Å². The molecule has 1 aliphatic rings. The Morgan fingerprint density at radius 1 is 1.26 bits per heavy atom. The number of rotatable bonds is 11. The Balaban J connectivity index is 0.00000364. The van der Waals surface area contributed by atoms with Crippen LogP contribution in [0.25, 0.3) is 0 Å². The molecule has 154 valence electrons. The molecule has 6 nitrogen and oxygen atoms in total. The number of nitrogens with zero attached hydrogens (tertiary/aromatic N) is 1. The van der Waals surface area contributed by atoms with Gasteiger partial charge in [-0.1, -0.05) is 6.07 Å². The first-order valence-electron chi connectivity index (χ1n) is 8.76. The summed E-state index contributed by atoms with van der Waals surface area (Å²) in [5.41, 5.74) is 0.775. The fourth-order valence-corrected chi connectivity index (χ4v) is 2.34. The van der Waals surface area contributed by atoms with Crippen molar-refractivity contribution in [3.8, 4) is 11.5 Å². The van der Waals surface area contributed by atoms with E-state index in [2.05, 4.69) is 20.4 Å². The van der Waals surface area contributed by atoms with Crippen molar-refractivity contribution < 1.29 is 23.0 Å². The van der Waals surface area contributed by atoms with Gasteiger partial charge in [0.2, 0.25) is 0 Å². The molecule has 0 aromatic heterocycles. The van der Waals surface area contributed by atoms with E-state index >= 15 is 0 Å². The molecular weight excluding hydrogens is 471 g/mol. The number of nitrogens with one attached hydrogen (secondary N) is 2. The molecule has 0 spiro atoms. The number of hydrogen-bond acceptors (Lipinski definition) is 4. The van der Waals surface area contributed by atoms with Crippen LogP contribution in [0.15, 0.2) is 23.2 Å². The lowest BCUT2D eigenvalue weighted by Crippen LogP contribution is -2.37. The van der Waals surface area contributed by atoms with Gasteiger partial charge in [-0.3, -0.25) is 4.99 Å². The molecule has 0 radical (unpaired) electrons. The number of guanidine groups is 1. The molecular formula is C18H28F2IN3O3. The van der Waals surface area contributed by atoms with Gasteiger partial charge in [0.1, 0.15) is 0 Å². The Morgan fingerprint density at radius 2 is 2.04 bits per heavy atom. The summed E-state index contributed by atoms with van der Waals surface area (Å²) in [7, 11) is 3.09. The highest BCUT2D eigenvalue weighted by Gasteiger charge is 2.20. The summed E-state index contributed by atoms with van der Waals surface area (Å²) >= 11 is 0. The number of halogens is 3. The molecule has 0 aliphatic heterocycles. The van der Waals surface area contributed by atoms with Gasteiger partial charge >= 0.3 is 6.61 Å². The highest BCUT2D eigenvalue weighted by atomic mass is 127. The normalized spacial score (nSPS) is 13.9. The largest absolute Gasteiger partial charge is 0.493 e. The van der Waals surface area contributed by atoms with E-state index in [1.54, 1.807) is 19.2 Å². The number of hydrogen-bond donors (Lipinski definition) is 2. The molecule has 2 N–H and O–H groups in total. The first kappa shape index (κ1) is 23.7. The van der Waals surface area contributed by atoms with Crippen molar-refractivity contribution in [2.75, 3.05) is 33.9 Å². The molecule has 0 amide bonds. The fraction of sp³-hybridized carbons (Fsp3) is 0.611. The smallest absolute Gasteiger partial charge is 0.387 e. The van der Waals surface area contributed by atoms with Gasteiger partial charge in [0.25, 0.3) is 0 Å². The Labute approximate surface area is 176 Å². The van der Waals surface area contributed by atoms with E-state index in [9.17, 15) is 8.78 Å². The molecule has 0 bridgehead atoms. The topological polar surface area (TPSA) is 64.1 Å². The lowest BCUT2D eigenvalue weighted by atomic mass is 10.2.